The molecule has 2 rings (SSSR count). The summed E-state index contributed by atoms with van der Waals surface area (Å²) >= 11 is 0. The van der Waals surface area contributed by atoms with E-state index in [2.05, 4.69) is 5.32 Å². The van der Waals surface area contributed by atoms with Gasteiger partial charge in [0.1, 0.15) is 5.69 Å². The Morgan fingerprint density at radius 1 is 1.67 bits per heavy atom. The molecular formula is C11H17N3O. The molecule has 1 amide bonds. The molecule has 0 bridgehead atoms. The van der Waals surface area contributed by atoms with Gasteiger partial charge < -0.3 is 15.6 Å². The lowest BCUT2D eigenvalue weighted by molar-refractivity contribution is 0.0901. The minimum Gasteiger partial charge on any atom is -0.348 e. The lowest BCUT2D eigenvalue weighted by Gasteiger charge is -2.32. The average molecular weight is 207 g/mol. The highest BCUT2D eigenvalue weighted by atomic mass is 16.2. The first-order valence-corrected chi connectivity index (χ1v) is 5.42. The molecule has 3 N–H and O–H groups in total. The minimum atomic E-state index is 0.0127. The second kappa shape index (κ2) is 4.06. The van der Waals surface area contributed by atoms with Gasteiger partial charge in [-0.2, -0.15) is 0 Å². The zero-order valence-electron chi connectivity index (χ0n) is 8.94. The van der Waals surface area contributed by atoms with Gasteiger partial charge in [0.2, 0.25) is 0 Å². The Morgan fingerprint density at radius 2 is 2.40 bits per heavy atom. The third-order valence-corrected chi connectivity index (χ3v) is 2.91. The lowest BCUT2D eigenvalue weighted by Crippen LogP contribution is -2.50. The number of nitrogens with two attached hydrogens (primary N) is 1. The fourth-order valence-electron chi connectivity index (χ4n) is 1.94. The SMILES string of the molecule is CCn1cccc1C(=O)NC1CC(N)C1. The molecule has 4 heteroatoms. The number of carbonyl (C=O) groups excluding carboxylic acids is 1. The Labute approximate surface area is 89.5 Å². The van der Waals surface area contributed by atoms with Gasteiger partial charge in [0.25, 0.3) is 5.91 Å². The molecular weight excluding hydrogens is 190 g/mol. The first-order chi connectivity index (χ1) is 7.20. The van der Waals surface area contributed by atoms with E-state index < -0.39 is 0 Å². The quantitative estimate of drug-likeness (QED) is 0.767. The Balaban J connectivity index is 1.96. The molecule has 4 nitrogen and oxygen atoms in total. The molecule has 1 heterocycles. The number of nitrogens with zero attached hydrogens (tertiary/aromatic N) is 1. The Hall–Kier alpha value is -1.29. The second-order valence-electron chi connectivity index (χ2n) is 4.08. The van der Waals surface area contributed by atoms with E-state index in [1.807, 2.05) is 29.8 Å². The van der Waals surface area contributed by atoms with Crippen LogP contribution in [0.25, 0.3) is 0 Å². The van der Waals surface area contributed by atoms with E-state index in [0.717, 1.165) is 25.1 Å². The van der Waals surface area contributed by atoms with Crippen LogP contribution in [0.1, 0.15) is 30.3 Å². The van der Waals surface area contributed by atoms with Gasteiger partial charge in [-0.05, 0) is 31.9 Å². The van der Waals surface area contributed by atoms with E-state index in [1.54, 1.807) is 0 Å². The molecule has 0 spiro atoms. The Bertz CT molecular complexity index is 352. The zero-order valence-corrected chi connectivity index (χ0v) is 8.94. The van der Waals surface area contributed by atoms with Crippen molar-refractivity contribution >= 4 is 5.91 Å². The molecule has 0 aliphatic heterocycles. The van der Waals surface area contributed by atoms with Crippen LogP contribution in [0.15, 0.2) is 18.3 Å². The number of carbonyl (C=O) groups is 1. The topological polar surface area (TPSA) is 60.0 Å². The summed E-state index contributed by atoms with van der Waals surface area (Å²) < 4.78 is 1.94. The third kappa shape index (κ3) is 2.04. The van der Waals surface area contributed by atoms with E-state index in [-0.39, 0.29) is 18.0 Å². The number of rotatable bonds is 3. The smallest absolute Gasteiger partial charge is 0.268 e. The molecule has 1 aliphatic carbocycles. The fraction of sp³-hybridized carbons (Fsp3) is 0.545. The van der Waals surface area contributed by atoms with Gasteiger partial charge in [-0.25, -0.2) is 0 Å². The van der Waals surface area contributed by atoms with Crippen molar-refractivity contribution in [3.05, 3.63) is 24.0 Å². The molecule has 82 valence electrons. The van der Waals surface area contributed by atoms with Gasteiger partial charge in [0.05, 0.1) is 0 Å². The Kier molecular flexibility index (Phi) is 2.77. The van der Waals surface area contributed by atoms with Gasteiger partial charge >= 0.3 is 0 Å². The van der Waals surface area contributed by atoms with Crippen molar-refractivity contribution in [1.29, 1.82) is 0 Å². The van der Waals surface area contributed by atoms with Crippen LogP contribution < -0.4 is 11.1 Å². The van der Waals surface area contributed by atoms with Crippen LogP contribution in [0.4, 0.5) is 0 Å². The average Bonchev–Trinajstić information content (AvgIpc) is 2.62. The van der Waals surface area contributed by atoms with Crippen molar-refractivity contribution in [3.8, 4) is 0 Å². The van der Waals surface area contributed by atoms with Crippen molar-refractivity contribution in [1.82, 2.24) is 9.88 Å². The summed E-state index contributed by atoms with van der Waals surface area (Å²) in [6, 6.07) is 4.28. The molecule has 0 radical (unpaired) electrons. The van der Waals surface area contributed by atoms with Crippen molar-refractivity contribution in [2.75, 3.05) is 0 Å². The van der Waals surface area contributed by atoms with E-state index in [4.69, 9.17) is 5.73 Å². The number of aryl methyl sites for hydroxylation is 1. The normalized spacial score (nSPS) is 24.7. The maximum Gasteiger partial charge on any atom is 0.268 e. The van der Waals surface area contributed by atoms with Crippen LogP contribution in [-0.2, 0) is 6.54 Å². The summed E-state index contributed by atoms with van der Waals surface area (Å²) in [5.41, 5.74) is 6.40. The summed E-state index contributed by atoms with van der Waals surface area (Å²) in [6.07, 6.45) is 3.72. The number of nitrogens with one attached hydrogen (secondary N) is 1. The summed E-state index contributed by atoms with van der Waals surface area (Å²) in [7, 11) is 0. The van der Waals surface area contributed by atoms with Crippen LogP contribution in [0.2, 0.25) is 0 Å². The van der Waals surface area contributed by atoms with Gasteiger partial charge in [0, 0.05) is 24.8 Å². The fourth-order valence-corrected chi connectivity index (χ4v) is 1.94. The van der Waals surface area contributed by atoms with Crippen LogP contribution >= 0.6 is 0 Å². The van der Waals surface area contributed by atoms with E-state index >= 15 is 0 Å². The molecule has 1 aliphatic rings. The highest BCUT2D eigenvalue weighted by Crippen LogP contribution is 2.17. The minimum absolute atomic E-state index is 0.0127. The maximum absolute atomic E-state index is 11.8. The molecule has 0 unspecified atom stereocenters. The third-order valence-electron chi connectivity index (χ3n) is 2.91. The molecule has 1 fully saturated rings. The van der Waals surface area contributed by atoms with E-state index in [1.165, 1.54) is 0 Å². The van der Waals surface area contributed by atoms with Gasteiger partial charge in [-0.15, -0.1) is 0 Å². The zero-order chi connectivity index (χ0) is 10.8. The number of hydrogen-bond acceptors (Lipinski definition) is 2. The van der Waals surface area contributed by atoms with Crippen LogP contribution in [0.5, 0.6) is 0 Å². The standard InChI is InChI=1S/C11H17N3O/c1-2-14-5-3-4-10(14)11(15)13-9-6-8(12)7-9/h3-5,8-9H,2,6-7,12H2,1H3,(H,13,15). The molecule has 15 heavy (non-hydrogen) atoms. The second-order valence-corrected chi connectivity index (χ2v) is 4.08. The number of amides is 1. The highest BCUT2D eigenvalue weighted by molar-refractivity contribution is 5.93. The van der Waals surface area contributed by atoms with Crippen LogP contribution in [0.3, 0.4) is 0 Å². The molecule has 0 saturated heterocycles. The monoisotopic (exact) mass is 207 g/mol. The van der Waals surface area contributed by atoms with E-state index in [0.29, 0.717) is 0 Å². The Morgan fingerprint density at radius 3 is 3.00 bits per heavy atom. The number of hydrogen-bond donors (Lipinski definition) is 2. The summed E-state index contributed by atoms with van der Waals surface area (Å²) in [5, 5.41) is 2.98. The van der Waals surface area contributed by atoms with Crippen LogP contribution in [-0.4, -0.2) is 22.6 Å². The molecule has 1 aromatic heterocycles. The summed E-state index contributed by atoms with van der Waals surface area (Å²) in [5.74, 6) is 0.0127. The van der Waals surface area contributed by atoms with Crippen molar-refractivity contribution in [3.63, 3.8) is 0 Å². The van der Waals surface area contributed by atoms with Crippen LogP contribution in [0, 0.1) is 0 Å². The summed E-state index contributed by atoms with van der Waals surface area (Å²) in [6.45, 7) is 2.84. The van der Waals surface area contributed by atoms with Gasteiger partial charge in [-0.3, -0.25) is 4.79 Å². The first-order valence-electron chi connectivity index (χ1n) is 5.42. The number of aromatic nitrogens is 1. The first kappa shape index (κ1) is 10.2. The predicted octanol–water partition coefficient (Wildman–Crippen LogP) is 0.728. The van der Waals surface area contributed by atoms with Gasteiger partial charge in [-0.1, -0.05) is 0 Å². The predicted molar refractivity (Wildman–Crippen MR) is 58.6 cm³/mol. The molecule has 0 aromatic carbocycles. The lowest BCUT2D eigenvalue weighted by atomic mass is 9.87. The van der Waals surface area contributed by atoms with Crippen molar-refractivity contribution < 1.29 is 4.79 Å². The van der Waals surface area contributed by atoms with Crippen molar-refractivity contribution in [2.24, 2.45) is 5.73 Å². The molecule has 1 aromatic rings. The summed E-state index contributed by atoms with van der Waals surface area (Å²) in [4.78, 5) is 11.8. The van der Waals surface area contributed by atoms with Gasteiger partial charge in [0.15, 0.2) is 0 Å². The highest BCUT2D eigenvalue weighted by Gasteiger charge is 2.27. The van der Waals surface area contributed by atoms with Crippen molar-refractivity contribution in [2.45, 2.75) is 38.4 Å². The maximum atomic E-state index is 11.8. The molecule has 0 atom stereocenters. The van der Waals surface area contributed by atoms with E-state index in [9.17, 15) is 4.79 Å². The molecule has 1 saturated carbocycles. The largest absolute Gasteiger partial charge is 0.348 e.